The number of hydrogen-bond donors (Lipinski definition) is 4. The lowest BCUT2D eigenvalue weighted by Crippen LogP contribution is -2.30. The van der Waals surface area contributed by atoms with Crippen molar-refractivity contribution in [2.45, 2.75) is 12.2 Å². The molecule has 0 aliphatic heterocycles. The Balaban J connectivity index is -0.000000397. The molecule has 0 atom stereocenters. The molecule has 0 aromatic heterocycles. The van der Waals surface area contributed by atoms with Crippen LogP contribution in [0.25, 0.3) is 0 Å². The fourth-order valence-corrected chi connectivity index (χ4v) is 0.576. The molecule has 0 saturated carbocycles. The highest BCUT2D eigenvalue weighted by Gasteiger charge is 2.17. The van der Waals surface area contributed by atoms with Crippen LogP contribution in [-0.2, 0) is 14.5 Å². The van der Waals surface area contributed by atoms with Gasteiger partial charge in [-0.25, -0.2) is 0 Å². The Kier molecular flexibility index (Phi) is 18.1. The van der Waals surface area contributed by atoms with Crippen molar-refractivity contribution in [1.82, 2.24) is 0 Å². The Bertz CT molecular complexity index is 377. The van der Waals surface area contributed by atoms with Crippen LogP contribution in [0.15, 0.2) is 0 Å². The summed E-state index contributed by atoms with van der Waals surface area (Å²) in [6.07, 6.45) is -2.50. The van der Waals surface area contributed by atoms with E-state index in [1.54, 1.807) is 0 Å². The van der Waals surface area contributed by atoms with Gasteiger partial charge in [0.25, 0.3) is 20.3 Å². The molecule has 0 radical (unpaired) electrons. The summed E-state index contributed by atoms with van der Waals surface area (Å²) >= 11 is 0. The zero-order valence-corrected chi connectivity index (χ0v) is 12.1. The molecule has 0 spiro atoms. The third-order valence-electron chi connectivity index (χ3n) is 1.39. The van der Waals surface area contributed by atoms with Crippen LogP contribution in [0, 0.1) is 40.5 Å². The largest absolute Gasteiger partial charge is 0.394 e. The average molecular weight is 382 g/mol. The SMILES string of the molecule is O=[N+]([O-])O.O=[N+]([O-])OCC(CO[N+](=O)[O-])O[N+](=O)[O-].OCC(O)CO. The normalized spacial score (nSPS) is 9.00. The van der Waals surface area contributed by atoms with Crippen LogP contribution in [0.3, 0.4) is 0 Å². The monoisotopic (exact) mass is 382 g/mol. The van der Waals surface area contributed by atoms with Crippen LogP contribution in [0.2, 0.25) is 0 Å². The molecule has 0 aliphatic carbocycles. The molecule has 0 aromatic rings. The lowest BCUT2D eigenvalue weighted by atomic mass is 10.4. The predicted molar refractivity (Wildman–Crippen MR) is 66.7 cm³/mol. The minimum atomic E-state index is -1.55. The number of hydrogen-bond acceptors (Lipinski definition) is 14. The summed E-state index contributed by atoms with van der Waals surface area (Å²) < 4.78 is 0. The van der Waals surface area contributed by atoms with E-state index in [-0.39, 0.29) is 13.2 Å². The third-order valence-corrected chi connectivity index (χ3v) is 1.39. The maximum absolute atomic E-state index is 9.83. The molecule has 0 rings (SSSR count). The number of rotatable bonds is 10. The molecular formula is C6H14N4O15. The van der Waals surface area contributed by atoms with Crippen molar-refractivity contribution < 1.29 is 55.4 Å². The lowest BCUT2D eigenvalue weighted by molar-refractivity contribution is -0.803. The lowest BCUT2D eigenvalue weighted by Gasteiger charge is -2.11. The molecule has 19 nitrogen and oxygen atoms in total. The average Bonchev–Trinajstić information content (AvgIpc) is 2.48. The highest BCUT2D eigenvalue weighted by molar-refractivity contribution is 4.49. The molecular weight excluding hydrogens is 368 g/mol. The van der Waals surface area contributed by atoms with E-state index >= 15 is 0 Å². The maximum atomic E-state index is 9.83. The molecule has 148 valence electrons. The van der Waals surface area contributed by atoms with Gasteiger partial charge in [-0.1, -0.05) is 0 Å². The first kappa shape index (κ1) is 26.6. The van der Waals surface area contributed by atoms with Crippen molar-refractivity contribution in [2.24, 2.45) is 0 Å². The van der Waals surface area contributed by atoms with E-state index in [1.807, 2.05) is 0 Å². The van der Waals surface area contributed by atoms with Crippen molar-refractivity contribution >= 4 is 0 Å². The molecule has 0 aromatic carbocycles. The van der Waals surface area contributed by atoms with Gasteiger partial charge in [0.2, 0.25) is 0 Å². The van der Waals surface area contributed by atoms with Crippen molar-refractivity contribution in [3.05, 3.63) is 40.5 Å². The minimum Gasteiger partial charge on any atom is -0.394 e. The van der Waals surface area contributed by atoms with Crippen molar-refractivity contribution in [1.29, 1.82) is 0 Å². The van der Waals surface area contributed by atoms with Crippen molar-refractivity contribution in [2.75, 3.05) is 26.4 Å². The second-order valence-corrected chi connectivity index (χ2v) is 3.25. The van der Waals surface area contributed by atoms with Gasteiger partial charge in [-0.3, -0.25) is 0 Å². The zero-order valence-electron chi connectivity index (χ0n) is 12.1. The van der Waals surface area contributed by atoms with Gasteiger partial charge in [0.05, 0.1) is 13.2 Å². The molecule has 19 heteroatoms. The quantitative estimate of drug-likeness (QED) is 0.216. The van der Waals surface area contributed by atoms with E-state index < -0.39 is 45.8 Å². The second-order valence-electron chi connectivity index (χ2n) is 3.25. The topological polar surface area (TPSA) is 281 Å². The molecule has 4 N–H and O–H groups in total. The standard InChI is InChI=1S/C3H5N3O9.C3H8O3.HNO3/c7-4(8)13-1-3(15-6(11)12)2-14-5(9)10;4-1-3(6)2-5;2-1(3)4/h3H,1-2H2;3-6H,1-2H2;(H,2,3,4). The summed E-state index contributed by atoms with van der Waals surface area (Å²) in [6, 6.07) is 0. The van der Waals surface area contributed by atoms with Crippen LogP contribution in [0.4, 0.5) is 0 Å². The van der Waals surface area contributed by atoms with Gasteiger partial charge in [0, 0.05) is 0 Å². The van der Waals surface area contributed by atoms with Gasteiger partial charge >= 0.3 is 0 Å². The number of aliphatic hydroxyl groups excluding tert-OH is 3. The molecule has 0 saturated heterocycles. The second kappa shape index (κ2) is 17.0. The Morgan fingerprint density at radius 2 is 1.12 bits per heavy atom. The molecule has 25 heavy (non-hydrogen) atoms. The Morgan fingerprint density at radius 1 is 0.800 bits per heavy atom. The van der Waals surface area contributed by atoms with E-state index in [9.17, 15) is 30.3 Å². The molecule has 0 unspecified atom stereocenters. The van der Waals surface area contributed by atoms with Gasteiger partial charge in [0.15, 0.2) is 6.10 Å². The van der Waals surface area contributed by atoms with Gasteiger partial charge in [-0.2, -0.15) is 0 Å². The highest BCUT2D eigenvalue weighted by atomic mass is 17.0. The van der Waals surface area contributed by atoms with E-state index in [0.29, 0.717) is 0 Å². The summed E-state index contributed by atoms with van der Waals surface area (Å²) in [5.74, 6) is 0. The summed E-state index contributed by atoms with van der Waals surface area (Å²) in [5.41, 5.74) is 0. The van der Waals surface area contributed by atoms with Gasteiger partial charge in [-0.15, -0.1) is 40.5 Å². The van der Waals surface area contributed by atoms with Crippen LogP contribution < -0.4 is 0 Å². The van der Waals surface area contributed by atoms with E-state index in [0.717, 1.165) is 0 Å². The van der Waals surface area contributed by atoms with Gasteiger partial charge in [0.1, 0.15) is 19.3 Å². The molecule has 0 aliphatic rings. The van der Waals surface area contributed by atoms with Crippen LogP contribution in [-0.4, -0.2) is 79.5 Å². The molecule has 0 fully saturated rings. The summed E-state index contributed by atoms with van der Waals surface area (Å²) in [7, 11) is 0. The Labute approximate surface area is 136 Å². The maximum Gasteiger partial charge on any atom is 0.294 e. The van der Waals surface area contributed by atoms with Crippen molar-refractivity contribution in [3.8, 4) is 0 Å². The molecule has 0 amide bonds. The molecule has 0 bridgehead atoms. The van der Waals surface area contributed by atoms with Crippen LogP contribution in [0.1, 0.15) is 0 Å². The zero-order chi connectivity index (χ0) is 20.4. The summed E-state index contributed by atoms with van der Waals surface area (Å²) in [6.45, 7) is -2.42. The Hall–Kier alpha value is -3.32. The minimum absolute atomic E-state index is 0.365. The fraction of sp³-hybridized carbons (Fsp3) is 1.00. The van der Waals surface area contributed by atoms with E-state index in [1.165, 1.54) is 0 Å². The van der Waals surface area contributed by atoms with Crippen molar-refractivity contribution in [3.63, 3.8) is 0 Å². The first-order valence-electron chi connectivity index (χ1n) is 5.55. The third kappa shape index (κ3) is 33.5. The van der Waals surface area contributed by atoms with E-state index in [2.05, 4.69) is 14.5 Å². The Morgan fingerprint density at radius 3 is 1.28 bits per heavy atom. The number of aliphatic hydroxyl groups is 3. The smallest absolute Gasteiger partial charge is 0.294 e. The first-order valence-corrected chi connectivity index (χ1v) is 5.55. The van der Waals surface area contributed by atoms with Gasteiger partial charge < -0.3 is 35.0 Å². The predicted octanol–water partition coefficient (Wildman–Crippen LogP) is -3.04. The molecule has 0 heterocycles. The summed E-state index contributed by atoms with van der Waals surface area (Å²) in [5, 5.41) is 63.2. The number of nitrogens with zero attached hydrogens (tertiary/aromatic N) is 4. The summed E-state index contributed by atoms with van der Waals surface area (Å²) in [4.78, 5) is 48.9. The van der Waals surface area contributed by atoms with Crippen LogP contribution in [0.5, 0.6) is 0 Å². The highest BCUT2D eigenvalue weighted by Crippen LogP contribution is 1.96. The fourth-order valence-electron chi connectivity index (χ4n) is 0.576. The first-order chi connectivity index (χ1) is 11.5. The van der Waals surface area contributed by atoms with Gasteiger partial charge in [-0.05, 0) is 0 Å². The van der Waals surface area contributed by atoms with Crippen LogP contribution >= 0.6 is 0 Å². The van der Waals surface area contributed by atoms with E-state index in [4.69, 9.17) is 30.6 Å².